The number of esters is 1. The molecule has 0 fully saturated rings. The van der Waals surface area contributed by atoms with Gasteiger partial charge in [-0.25, -0.2) is 0 Å². The summed E-state index contributed by atoms with van der Waals surface area (Å²) < 4.78 is 5.49. The lowest BCUT2D eigenvalue weighted by Gasteiger charge is -2.20. The quantitative estimate of drug-likeness (QED) is 0.0320. The van der Waals surface area contributed by atoms with Crippen LogP contribution >= 0.6 is 0 Å². The third-order valence-corrected chi connectivity index (χ3v) is 15.3. The fraction of sp³-hybridized carbons (Fsp3) is 0.938. The van der Waals surface area contributed by atoms with Crippen molar-refractivity contribution in [1.29, 1.82) is 0 Å². The topological polar surface area (TPSA) is 95.9 Å². The van der Waals surface area contributed by atoms with Gasteiger partial charge in [-0.05, 0) is 32.1 Å². The summed E-state index contributed by atoms with van der Waals surface area (Å²) in [5, 5.41) is 23.2. The van der Waals surface area contributed by atoms with E-state index in [1.54, 1.807) is 6.08 Å². The molecule has 71 heavy (non-hydrogen) atoms. The highest BCUT2D eigenvalue weighted by Gasteiger charge is 2.18. The molecule has 0 aromatic carbocycles. The first-order chi connectivity index (χ1) is 35.0. The maximum atomic E-state index is 12.5. The second-order valence-corrected chi connectivity index (χ2v) is 22.5. The van der Waals surface area contributed by atoms with Crippen LogP contribution in [0.5, 0.6) is 0 Å². The molecule has 0 bridgehead atoms. The summed E-state index contributed by atoms with van der Waals surface area (Å²) in [7, 11) is 0. The van der Waals surface area contributed by atoms with Gasteiger partial charge in [0.25, 0.3) is 0 Å². The van der Waals surface area contributed by atoms with Crippen molar-refractivity contribution in [2.75, 3.05) is 13.2 Å². The zero-order valence-corrected chi connectivity index (χ0v) is 48.2. The van der Waals surface area contributed by atoms with Gasteiger partial charge in [0.15, 0.2) is 0 Å². The lowest BCUT2D eigenvalue weighted by molar-refractivity contribution is -0.143. The number of hydrogen-bond donors (Lipinski definition) is 3. The Bertz CT molecular complexity index is 1060. The Labute approximate surface area is 444 Å². The van der Waals surface area contributed by atoms with Gasteiger partial charge in [0.2, 0.25) is 5.91 Å². The molecule has 422 valence electrons. The number of amides is 1. The van der Waals surface area contributed by atoms with E-state index in [1.165, 1.54) is 302 Å². The van der Waals surface area contributed by atoms with Crippen molar-refractivity contribution >= 4 is 11.9 Å². The number of aliphatic hydroxyl groups is 2. The average Bonchev–Trinajstić information content (AvgIpc) is 3.37. The predicted octanol–water partition coefficient (Wildman–Crippen LogP) is 20.4. The number of aliphatic hydroxyl groups excluding tert-OH is 2. The summed E-state index contributed by atoms with van der Waals surface area (Å²) in [6.45, 7) is 4.94. The molecule has 0 aromatic heterocycles. The number of ether oxygens (including phenoxy) is 1. The monoisotopic (exact) mass is 1000 g/mol. The molecular weight excluding hydrogens is 875 g/mol. The summed E-state index contributed by atoms with van der Waals surface area (Å²) in [5.41, 5.74) is 0. The second-order valence-electron chi connectivity index (χ2n) is 22.5. The number of nitrogens with one attached hydrogen (secondary N) is 1. The highest BCUT2D eigenvalue weighted by molar-refractivity contribution is 5.76. The molecule has 0 spiro atoms. The molecule has 0 saturated heterocycles. The Kier molecular flexibility index (Phi) is 59.9. The van der Waals surface area contributed by atoms with Crippen LogP contribution in [0.4, 0.5) is 0 Å². The van der Waals surface area contributed by atoms with Crippen LogP contribution < -0.4 is 5.32 Å². The van der Waals surface area contributed by atoms with E-state index in [0.29, 0.717) is 19.4 Å². The average molecular weight is 1000 g/mol. The van der Waals surface area contributed by atoms with Crippen LogP contribution in [0.25, 0.3) is 0 Å². The highest BCUT2D eigenvalue weighted by atomic mass is 16.5. The standard InChI is InChI=1S/C65H127NO5/c1-3-5-7-9-11-13-15-17-18-30-34-37-41-45-49-53-57-63(68)62(61-67)66-64(69)58-54-50-46-42-38-35-31-28-26-24-22-20-19-21-23-25-27-29-32-36-40-44-48-52-56-60-71-65(70)59-55-51-47-43-39-33-16-14-12-10-8-6-4-2/h53,57,62-63,67-68H,3-52,54-56,58-61H2,1-2H3,(H,66,69)/b57-53+. The normalized spacial score (nSPS) is 12.6. The molecule has 0 radical (unpaired) electrons. The first kappa shape index (κ1) is 69.6. The van der Waals surface area contributed by atoms with Crippen LogP contribution in [0, 0.1) is 0 Å². The van der Waals surface area contributed by atoms with Crippen molar-refractivity contribution in [3.05, 3.63) is 12.2 Å². The Hall–Kier alpha value is -1.40. The first-order valence-electron chi connectivity index (χ1n) is 32.5. The largest absolute Gasteiger partial charge is 0.466 e. The molecule has 0 saturated carbocycles. The number of unbranched alkanes of at least 4 members (excludes halogenated alkanes) is 50. The summed E-state index contributed by atoms with van der Waals surface area (Å²) in [4.78, 5) is 24.5. The first-order valence-corrected chi connectivity index (χ1v) is 32.5. The summed E-state index contributed by atoms with van der Waals surface area (Å²) in [5.74, 6) is -0.0452. The van der Waals surface area contributed by atoms with E-state index in [-0.39, 0.29) is 18.5 Å². The molecule has 2 unspecified atom stereocenters. The van der Waals surface area contributed by atoms with E-state index in [4.69, 9.17) is 4.74 Å². The Balaban J connectivity index is 3.37. The van der Waals surface area contributed by atoms with Gasteiger partial charge in [0.05, 0.1) is 25.4 Å². The molecular formula is C65H127NO5. The van der Waals surface area contributed by atoms with Crippen LogP contribution in [0.2, 0.25) is 0 Å². The van der Waals surface area contributed by atoms with Gasteiger partial charge in [-0.15, -0.1) is 0 Å². The summed E-state index contributed by atoms with van der Waals surface area (Å²) in [6.07, 6.45) is 74.1. The van der Waals surface area contributed by atoms with E-state index in [2.05, 4.69) is 19.2 Å². The van der Waals surface area contributed by atoms with Crippen LogP contribution in [0.15, 0.2) is 12.2 Å². The van der Waals surface area contributed by atoms with E-state index >= 15 is 0 Å². The molecule has 3 N–H and O–H groups in total. The van der Waals surface area contributed by atoms with Crippen molar-refractivity contribution in [2.45, 2.75) is 379 Å². The highest BCUT2D eigenvalue weighted by Crippen LogP contribution is 2.18. The van der Waals surface area contributed by atoms with Crippen molar-refractivity contribution in [3.8, 4) is 0 Å². The number of carbonyl (C=O) groups is 2. The van der Waals surface area contributed by atoms with E-state index in [0.717, 1.165) is 38.5 Å². The molecule has 1 amide bonds. The van der Waals surface area contributed by atoms with Crippen LogP contribution in [0.1, 0.15) is 367 Å². The molecule has 0 aromatic rings. The zero-order chi connectivity index (χ0) is 51.4. The molecule has 6 heteroatoms. The number of rotatable bonds is 61. The smallest absolute Gasteiger partial charge is 0.305 e. The fourth-order valence-corrected chi connectivity index (χ4v) is 10.3. The molecule has 6 nitrogen and oxygen atoms in total. The summed E-state index contributed by atoms with van der Waals surface area (Å²) in [6, 6.07) is -0.625. The molecule has 0 heterocycles. The molecule has 0 rings (SSSR count). The van der Waals surface area contributed by atoms with Crippen LogP contribution in [-0.2, 0) is 14.3 Å². The van der Waals surface area contributed by atoms with Crippen LogP contribution in [-0.4, -0.2) is 47.4 Å². The van der Waals surface area contributed by atoms with Gasteiger partial charge < -0.3 is 20.3 Å². The van der Waals surface area contributed by atoms with E-state index in [9.17, 15) is 19.8 Å². The van der Waals surface area contributed by atoms with Gasteiger partial charge in [-0.1, -0.05) is 334 Å². The maximum Gasteiger partial charge on any atom is 0.305 e. The van der Waals surface area contributed by atoms with Gasteiger partial charge in [-0.2, -0.15) is 0 Å². The summed E-state index contributed by atoms with van der Waals surface area (Å²) >= 11 is 0. The predicted molar refractivity (Wildman–Crippen MR) is 310 cm³/mol. The molecule has 0 aliphatic rings. The second kappa shape index (κ2) is 61.1. The van der Waals surface area contributed by atoms with Gasteiger partial charge in [-0.3, -0.25) is 9.59 Å². The van der Waals surface area contributed by atoms with Gasteiger partial charge in [0, 0.05) is 12.8 Å². The SMILES string of the molecule is CCCCCCCCCCCCCCCC/C=C/C(O)C(CO)NC(=O)CCCCCCCCCCCCCCCCCCCCCCCCCCCOC(=O)CCCCCCCCCCCCCCC. The third kappa shape index (κ3) is 57.7. The minimum atomic E-state index is -0.842. The number of carbonyl (C=O) groups excluding carboxylic acids is 2. The Morgan fingerprint density at radius 3 is 0.958 bits per heavy atom. The minimum absolute atomic E-state index is 0.0182. The minimum Gasteiger partial charge on any atom is -0.466 e. The number of hydrogen-bond acceptors (Lipinski definition) is 5. The Morgan fingerprint density at radius 2 is 0.648 bits per heavy atom. The van der Waals surface area contributed by atoms with Crippen molar-refractivity contribution < 1.29 is 24.5 Å². The van der Waals surface area contributed by atoms with Crippen molar-refractivity contribution in [3.63, 3.8) is 0 Å². The molecule has 0 aliphatic heterocycles. The van der Waals surface area contributed by atoms with Crippen molar-refractivity contribution in [2.24, 2.45) is 0 Å². The lowest BCUT2D eigenvalue weighted by atomic mass is 10.0. The van der Waals surface area contributed by atoms with Crippen molar-refractivity contribution in [1.82, 2.24) is 5.32 Å². The van der Waals surface area contributed by atoms with E-state index in [1.807, 2.05) is 6.08 Å². The zero-order valence-electron chi connectivity index (χ0n) is 48.2. The van der Waals surface area contributed by atoms with E-state index < -0.39 is 12.1 Å². The third-order valence-electron chi connectivity index (χ3n) is 15.3. The van der Waals surface area contributed by atoms with Gasteiger partial charge in [0.1, 0.15) is 0 Å². The fourth-order valence-electron chi connectivity index (χ4n) is 10.3. The lowest BCUT2D eigenvalue weighted by Crippen LogP contribution is -2.45. The van der Waals surface area contributed by atoms with Gasteiger partial charge >= 0.3 is 5.97 Å². The maximum absolute atomic E-state index is 12.5. The van der Waals surface area contributed by atoms with Crippen LogP contribution in [0.3, 0.4) is 0 Å². The number of allylic oxidation sites excluding steroid dienone is 1. The molecule has 2 atom stereocenters. The molecule has 0 aliphatic carbocycles. The Morgan fingerprint density at radius 1 is 0.380 bits per heavy atom.